The highest BCUT2D eigenvalue weighted by molar-refractivity contribution is 7.53. The molecule has 0 amide bonds. The molecule has 0 saturated heterocycles. The molecule has 0 atom stereocenters. The zero-order valence-electron chi connectivity index (χ0n) is 11.2. The van der Waals surface area contributed by atoms with E-state index in [0.717, 1.165) is 0 Å². The molecule has 0 fully saturated rings. The number of aliphatic hydroxyl groups is 1. The monoisotopic (exact) mass is 252 g/mol. The molecule has 0 bridgehead atoms. The summed E-state index contributed by atoms with van der Waals surface area (Å²) in [5, 5.41) is 8.79. The van der Waals surface area contributed by atoms with Gasteiger partial charge in [-0.2, -0.15) is 0 Å². The van der Waals surface area contributed by atoms with Gasteiger partial charge in [-0.25, -0.2) is 0 Å². The number of rotatable bonds is 5. The van der Waals surface area contributed by atoms with E-state index < -0.39 is 18.8 Å². The molecule has 98 valence electrons. The predicted molar refractivity (Wildman–Crippen MR) is 65.9 cm³/mol. The lowest BCUT2D eigenvalue weighted by Gasteiger charge is -2.32. The van der Waals surface area contributed by atoms with Gasteiger partial charge >= 0.3 is 7.60 Å². The maximum atomic E-state index is 12.4. The van der Waals surface area contributed by atoms with E-state index in [1.54, 1.807) is 0 Å². The lowest BCUT2D eigenvalue weighted by Crippen LogP contribution is -2.25. The van der Waals surface area contributed by atoms with Gasteiger partial charge in [0.05, 0.1) is 17.4 Å². The SMILES string of the molecule is CC(C)(C)OP(=O)(CCCO)OC(C)(C)C. The Morgan fingerprint density at radius 2 is 1.38 bits per heavy atom. The average molecular weight is 252 g/mol. The lowest BCUT2D eigenvalue weighted by molar-refractivity contribution is 0.0486. The highest BCUT2D eigenvalue weighted by Crippen LogP contribution is 2.54. The van der Waals surface area contributed by atoms with E-state index in [-0.39, 0.29) is 12.8 Å². The van der Waals surface area contributed by atoms with E-state index in [1.807, 2.05) is 41.5 Å². The quantitative estimate of drug-likeness (QED) is 0.763. The number of aliphatic hydroxyl groups excluding tert-OH is 1. The molecule has 0 spiro atoms. The van der Waals surface area contributed by atoms with Crippen LogP contribution in [0.3, 0.4) is 0 Å². The first kappa shape index (κ1) is 16.1. The normalized spacial score (nSPS) is 14.2. The molecule has 0 saturated carbocycles. The van der Waals surface area contributed by atoms with Crippen LogP contribution < -0.4 is 0 Å². The van der Waals surface area contributed by atoms with E-state index >= 15 is 0 Å². The van der Waals surface area contributed by atoms with Crippen LogP contribution in [0.15, 0.2) is 0 Å². The van der Waals surface area contributed by atoms with Gasteiger partial charge in [-0.15, -0.1) is 0 Å². The highest BCUT2D eigenvalue weighted by Gasteiger charge is 2.34. The molecular weight excluding hydrogens is 227 g/mol. The van der Waals surface area contributed by atoms with Gasteiger partial charge in [0.1, 0.15) is 0 Å². The van der Waals surface area contributed by atoms with Crippen molar-refractivity contribution in [3.05, 3.63) is 0 Å². The third-order valence-electron chi connectivity index (χ3n) is 1.42. The van der Waals surface area contributed by atoms with Gasteiger partial charge in [0, 0.05) is 6.61 Å². The molecule has 0 rings (SSSR count). The summed E-state index contributed by atoms with van der Waals surface area (Å²) in [6, 6.07) is 0. The van der Waals surface area contributed by atoms with E-state index in [1.165, 1.54) is 0 Å². The Labute approximate surface area is 98.9 Å². The van der Waals surface area contributed by atoms with Crippen LogP contribution in [0.1, 0.15) is 48.0 Å². The molecule has 0 aromatic heterocycles. The van der Waals surface area contributed by atoms with Crippen molar-refractivity contribution in [2.24, 2.45) is 0 Å². The van der Waals surface area contributed by atoms with Crippen LogP contribution in [0.2, 0.25) is 0 Å². The van der Waals surface area contributed by atoms with Crippen molar-refractivity contribution in [1.29, 1.82) is 0 Å². The summed E-state index contributed by atoms with van der Waals surface area (Å²) in [5.74, 6) is 0. The van der Waals surface area contributed by atoms with Crippen molar-refractivity contribution in [1.82, 2.24) is 0 Å². The summed E-state index contributed by atoms with van der Waals surface area (Å²) in [6.45, 7) is 11.0. The zero-order valence-corrected chi connectivity index (χ0v) is 12.1. The van der Waals surface area contributed by atoms with Crippen LogP contribution >= 0.6 is 7.60 Å². The Morgan fingerprint density at radius 3 is 1.62 bits per heavy atom. The molecule has 0 radical (unpaired) electrons. The molecule has 0 heterocycles. The van der Waals surface area contributed by atoms with Crippen molar-refractivity contribution < 1.29 is 18.7 Å². The van der Waals surface area contributed by atoms with Gasteiger partial charge in [-0.05, 0) is 48.0 Å². The molecule has 1 N–H and O–H groups in total. The first-order chi connectivity index (χ1) is 6.97. The first-order valence-electron chi connectivity index (χ1n) is 5.59. The van der Waals surface area contributed by atoms with Crippen LogP contribution in [0.4, 0.5) is 0 Å². The minimum Gasteiger partial charge on any atom is -0.396 e. The van der Waals surface area contributed by atoms with Crippen molar-refractivity contribution >= 4 is 7.60 Å². The van der Waals surface area contributed by atoms with Crippen molar-refractivity contribution in [2.45, 2.75) is 59.2 Å². The summed E-state index contributed by atoms with van der Waals surface area (Å²) < 4.78 is 23.5. The predicted octanol–water partition coefficient (Wildman–Crippen LogP) is 3.19. The fraction of sp³-hybridized carbons (Fsp3) is 1.00. The number of hydrogen-bond donors (Lipinski definition) is 1. The summed E-state index contributed by atoms with van der Waals surface area (Å²) in [5.41, 5.74) is -1.04. The Morgan fingerprint density at radius 1 is 1.00 bits per heavy atom. The Balaban J connectivity index is 4.69. The smallest absolute Gasteiger partial charge is 0.331 e. The van der Waals surface area contributed by atoms with Crippen molar-refractivity contribution in [3.63, 3.8) is 0 Å². The number of hydrogen-bond acceptors (Lipinski definition) is 4. The average Bonchev–Trinajstić information content (AvgIpc) is 1.93. The fourth-order valence-corrected chi connectivity index (χ4v) is 3.63. The van der Waals surface area contributed by atoms with Gasteiger partial charge in [0.2, 0.25) is 0 Å². The second kappa shape index (κ2) is 5.63. The topological polar surface area (TPSA) is 55.8 Å². The highest BCUT2D eigenvalue weighted by atomic mass is 31.2. The van der Waals surface area contributed by atoms with Gasteiger partial charge in [-0.3, -0.25) is 4.57 Å². The van der Waals surface area contributed by atoms with E-state index in [2.05, 4.69) is 0 Å². The van der Waals surface area contributed by atoms with Gasteiger partial charge < -0.3 is 14.2 Å². The van der Waals surface area contributed by atoms with Gasteiger partial charge in [0.25, 0.3) is 0 Å². The largest absolute Gasteiger partial charge is 0.396 e. The van der Waals surface area contributed by atoms with Gasteiger partial charge in [0.15, 0.2) is 0 Å². The Kier molecular flexibility index (Phi) is 5.67. The Bertz CT molecular complexity index is 230. The Hall–Kier alpha value is 0.110. The van der Waals surface area contributed by atoms with Crippen molar-refractivity contribution in [2.75, 3.05) is 12.8 Å². The van der Waals surface area contributed by atoms with Crippen molar-refractivity contribution in [3.8, 4) is 0 Å². The molecule has 0 aromatic carbocycles. The summed E-state index contributed by atoms with van der Waals surface area (Å²) >= 11 is 0. The molecular formula is C11H25O4P. The zero-order chi connectivity index (χ0) is 13.0. The second-order valence-corrected chi connectivity index (χ2v) is 7.85. The van der Waals surface area contributed by atoms with E-state index in [9.17, 15) is 4.57 Å². The standard InChI is InChI=1S/C11H25O4P/c1-10(2,3)14-16(13,9-7-8-12)15-11(4,5)6/h12H,7-9H2,1-6H3. The first-order valence-corrected chi connectivity index (χ1v) is 7.32. The molecule has 0 aliphatic carbocycles. The van der Waals surface area contributed by atoms with Gasteiger partial charge in [-0.1, -0.05) is 0 Å². The lowest BCUT2D eigenvalue weighted by atomic mass is 10.2. The molecule has 0 aliphatic rings. The minimum atomic E-state index is -3.14. The third kappa shape index (κ3) is 8.28. The van der Waals surface area contributed by atoms with Crippen LogP contribution in [0, 0.1) is 0 Å². The summed E-state index contributed by atoms with van der Waals surface area (Å²) in [6.07, 6.45) is 0.668. The summed E-state index contributed by atoms with van der Waals surface area (Å²) in [7, 11) is -3.14. The van der Waals surface area contributed by atoms with Crippen LogP contribution in [-0.2, 0) is 13.6 Å². The maximum absolute atomic E-state index is 12.4. The van der Waals surface area contributed by atoms with E-state index in [4.69, 9.17) is 14.2 Å². The molecule has 0 unspecified atom stereocenters. The fourth-order valence-electron chi connectivity index (χ4n) is 1.21. The molecule has 5 heteroatoms. The van der Waals surface area contributed by atoms with E-state index in [0.29, 0.717) is 6.42 Å². The second-order valence-electron chi connectivity index (χ2n) is 5.82. The minimum absolute atomic E-state index is 0.00893. The molecule has 16 heavy (non-hydrogen) atoms. The molecule has 0 aromatic rings. The van der Waals surface area contributed by atoms with Crippen LogP contribution in [-0.4, -0.2) is 29.1 Å². The third-order valence-corrected chi connectivity index (χ3v) is 3.93. The molecule has 4 nitrogen and oxygen atoms in total. The van der Waals surface area contributed by atoms with Crippen LogP contribution in [0.5, 0.6) is 0 Å². The maximum Gasteiger partial charge on any atom is 0.331 e. The molecule has 0 aliphatic heterocycles. The summed E-state index contributed by atoms with van der Waals surface area (Å²) in [4.78, 5) is 0. The van der Waals surface area contributed by atoms with Crippen LogP contribution in [0.25, 0.3) is 0 Å².